The SMILES string of the molecule is Cc1cc(-c2cc3c(nn2)NCC3c2cnn(C3CCN(C)CC3)c2)nc(C)c1C1CCOCC1. The van der Waals surface area contributed by atoms with Gasteiger partial charge in [0.1, 0.15) is 5.69 Å². The molecule has 3 aliphatic heterocycles. The van der Waals surface area contributed by atoms with Crippen molar-refractivity contribution < 1.29 is 4.74 Å². The summed E-state index contributed by atoms with van der Waals surface area (Å²) in [5.74, 6) is 1.63. The van der Waals surface area contributed by atoms with Gasteiger partial charge in [0, 0.05) is 43.1 Å². The van der Waals surface area contributed by atoms with Crippen LogP contribution in [0.4, 0.5) is 5.82 Å². The Morgan fingerprint density at radius 1 is 1.00 bits per heavy atom. The summed E-state index contributed by atoms with van der Waals surface area (Å²) < 4.78 is 7.75. The zero-order valence-electron chi connectivity index (χ0n) is 21.0. The Labute approximate surface area is 207 Å². The molecule has 8 heteroatoms. The summed E-state index contributed by atoms with van der Waals surface area (Å²) in [7, 11) is 2.20. The van der Waals surface area contributed by atoms with Crippen molar-refractivity contribution in [1.82, 2.24) is 29.9 Å². The fourth-order valence-electron chi connectivity index (χ4n) is 6.11. The lowest BCUT2D eigenvalue weighted by molar-refractivity contribution is 0.0850. The second kappa shape index (κ2) is 9.32. The summed E-state index contributed by atoms with van der Waals surface area (Å²) in [6.07, 6.45) is 8.73. The third-order valence-electron chi connectivity index (χ3n) is 8.11. The van der Waals surface area contributed by atoms with E-state index in [0.717, 1.165) is 81.4 Å². The lowest BCUT2D eigenvalue weighted by atomic mass is 9.87. The van der Waals surface area contributed by atoms with Crippen LogP contribution in [-0.2, 0) is 4.74 Å². The van der Waals surface area contributed by atoms with Crippen molar-refractivity contribution in [3.05, 3.63) is 52.5 Å². The zero-order valence-corrected chi connectivity index (χ0v) is 21.0. The molecule has 1 N–H and O–H groups in total. The van der Waals surface area contributed by atoms with Gasteiger partial charge in [0.25, 0.3) is 0 Å². The molecule has 0 aliphatic carbocycles. The van der Waals surface area contributed by atoms with Crippen LogP contribution < -0.4 is 5.32 Å². The molecule has 1 atom stereocenters. The number of hydrogen-bond donors (Lipinski definition) is 1. The molecule has 0 spiro atoms. The predicted octanol–water partition coefficient (Wildman–Crippen LogP) is 4.07. The number of likely N-dealkylation sites (tertiary alicyclic amines) is 1. The number of pyridine rings is 1. The molecule has 1 unspecified atom stereocenters. The summed E-state index contributed by atoms with van der Waals surface area (Å²) >= 11 is 0. The van der Waals surface area contributed by atoms with Gasteiger partial charge in [-0.1, -0.05) is 0 Å². The first-order valence-electron chi connectivity index (χ1n) is 13.0. The van der Waals surface area contributed by atoms with Gasteiger partial charge in [0.05, 0.1) is 17.9 Å². The Hall–Kier alpha value is -2.84. The average molecular weight is 474 g/mol. The van der Waals surface area contributed by atoms with Gasteiger partial charge in [-0.05, 0) is 94.4 Å². The van der Waals surface area contributed by atoms with Crippen LogP contribution in [0, 0.1) is 13.8 Å². The van der Waals surface area contributed by atoms with Crippen LogP contribution in [0.5, 0.6) is 0 Å². The Bertz CT molecular complexity index is 1180. The first kappa shape index (κ1) is 22.6. The Morgan fingerprint density at radius 2 is 1.80 bits per heavy atom. The Kier molecular flexibility index (Phi) is 6.02. The first-order chi connectivity index (χ1) is 17.1. The number of hydrogen-bond acceptors (Lipinski definition) is 7. The molecule has 0 aromatic carbocycles. The molecule has 6 heterocycles. The Balaban J connectivity index is 1.27. The summed E-state index contributed by atoms with van der Waals surface area (Å²) in [6, 6.07) is 4.85. The standard InChI is InChI=1S/C27H35N7O/c1-17-12-24(30-18(2)26(17)19-6-10-35-11-7-19)25-13-22-23(15-28-27(22)32-31-25)20-14-29-34(16-20)21-4-8-33(3)9-5-21/h12-14,16,19,21,23H,4-11,15H2,1-3H3,(H,28,32). The number of aryl methyl sites for hydroxylation is 2. The predicted molar refractivity (Wildman–Crippen MR) is 136 cm³/mol. The second-order valence-electron chi connectivity index (χ2n) is 10.5. The van der Waals surface area contributed by atoms with Crippen LogP contribution in [0.15, 0.2) is 24.5 Å². The number of nitrogens with zero attached hydrogens (tertiary/aromatic N) is 6. The molecule has 0 amide bonds. The molecule has 0 saturated carbocycles. The average Bonchev–Trinajstić information content (AvgIpc) is 3.51. The number of nitrogens with one attached hydrogen (secondary N) is 1. The monoisotopic (exact) mass is 473 g/mol. The molecule has 35 heavy (non-hydrogen) atoms. The highest BCUT2D eigenvalue weighted by atomic mass is 16.5. The minimum Gasteiger partial charge on any atom is -0.381 e. The normalized spacial score (nSPS) is 21.7. The molecule has 8 nitrogen and oxygen atoms in total. The van der Waals surface area contributed by atoms with Crippen LogP contribution >= 0.6 is 0 Å². The van der Waals surface area contributed by atoms with Crippen molar-refractivity contribution in [2.45, 2.75) is 57.4 Å². The highest BCUT2D eigenvalue weighted by Crippen LogP contribution is 2.38. The third-order valence-corrected chi connectivity index (χ3v) is 8.11. The number of piperidine rings is 1. The third kappa shape index (κ3) is 4.34. The van der Waals surface area contributed by atoms with Crippen molar-refractivity contribution in [1.29, 1.82) is 0 Å². The van der Waals surface area contributed by atoms with Gasteiger partial charge in [-0.25, -0.2) is 0 Å². The van der Waals surface area contributed by atoms with E-state index in [4.69, 9.17) is 14.8 Å². The molecule has 3 aromatic heterocycles. The maximum absolute atomic E-state index is 5.57. The van der Waals surface area contributed by atoms with E-state index in [1.54, 1.807) is 0 Å². The number of fused-ring (bicyclic) bond motifs is 1. The summed E-state index contributed by atoms with van der Waals surface area (Å²) in [6.45, 7) is 9.09. The fourth-order valence-corrected chi connectivity index (χ4v) is 6.11. The number of aromatic nitrogens is 5. The molecule has 184 valence electrons. The summed E-state index contributed by atoms with van der Waals surface area (Å²) in [4.78, 5) is 7.38. The van der Waals surface area contributed by atoms with Gasteiger partial charge in [0.15, 0.2) is 5.82 Å². The molecule has 0 radical (unpaired) electrons. The van der Waals surface area contributed by atoms with E-state index in [2.05, 4.69) is 64.3 Å². The van der Waals surface area contributed by atoms with E-state index in [0.29, 0.717) is 12.0 Å². The van der Waals surface area contributed by atoms with Gasteiger partial charge >= 0.3 is 0 Å². The molecule has 2 saturated heterocycles. The van der Waals surface area contributed by atoms with E-state index >= 15 is 0 Å². The van der Waals surface area contributed by atoms with Crippen LogP contribution in [0.2, 0.25) is 0 Å². The number of ether oxygens (including phenoxy) is 1. The minimum atomic E-state index is 0.225. The molecular weight excluding hydrogens is 438 g/mol. The van der Waals surface area contributed by atoms with Gasteiger partial charge in [-0.3, -0.25) is 9.67 Å². The largest absolute Gasteiger partial charge is 0.381 e. The van der Waals surface area contributed by atoms with Crippen LogP contribution in [0.3, 0.4) is 0 Å². The van der Waals surface area contributed by atoms with Crippen LogP contribution in [0.25, 0.3) is 11.4 Å². The van der Waals surface area contributed by atoms with Crippen molar-refractivity contribution in [3.8, 4) is 11.4 Å². The zero-order chi connectivity index (χ0) is 23.9. The maximum atomic E-state index is 5.57. The van der Waals surface area contributed by atoms with Gasteiger partial charge < -0.3 is 15.0 Å². The summed E-state index contributed by atoms with van der Waals surface area (Å²) in [5.41, 5.74) is 7.93. The number of anilines is 1. The van der Waals surface area contributed by atoms with E-state index in [1.165, 1.54) is 22.3 Å². The van der Waals surface area contributed by atoms with E-state index in [-0.39, 0.29) is 5.92 Å². The molecule has 3 aliphatic rings. The van der Waals surface area contributed by atoms with Crippen LogP contribution in [-0.4, -0.2) is 69.8 Å². The van der Waals surface area contributed by atoms with Gasteiger partial charge in [-0.15, -0.1) is 10.2 Å². The van der Waals surface area contributed by atoms with Crippen molar-refractivity contribution in [3.63, 3.8) is 0 Å². The minimum absolute atomic E-state index is 0.225. The maximum Gasteiger partial charge on any atom is 0.152 e. The van der Waals surface area contributed by atoms with Crippen molar-refractivity contribution in [2.24, 2.45) is 0 Å². The van der Waals surface area contributed by atoms with E-state index in [9.17, 15) is 0 Å². The lowest BCUT2D eigenvalue weighted by Crippen LogP contribution is -2.31. The summed E-state index contributed by atoms with van der Waals surface area (Å²) in [5, 5.41) is 17.3. The van der Waals surface area contributed by atoms with Crippen molar-refractivity contribution >= 4 is 5.82 Å². The van der Waals surface area contributed by atoms with E-state index < -0.39 is 0 Å². The topological polar surface area (TPSA) is 81.0 Å². The van der Waals surface area contributed by atoms with E-state index in [1.807, 2.05) is 6.20 Å². The molecular formula is C27H35N7O. The molecule has 3 aromatic rings. The molecule has 2 fully saturated rings. The highest BCUT2D eigenvalue weighted by molar-refractivity contribution is 5.64. The molecule has 0 bridgehead atoms. The lowest BCUT2D eigenvalue weighted by Gasteiger charge is -2.29. The smallest absolute Gasteiger partial charge is 0.152 e. The van der Waals surface area contributed by atoms with Gasteiger partial charge in [0.2, 0.25) is 0 Å². The van der Waals surface area contributed by atoms with Gasteiger partial charge in [-0.2, -0.15) is 5.10 Å². The highest BCUT2D eigenvalue weighted by Gasteiger charge is 2.29. The van der Waals surface area contributed by atoms with Crippen molar-refractivity contribution in [2.75, 3.05) is 45.2 Å². The number of rotatable bonds is 4. The Morgan fingerprint density at radius 3 is 2.57 bits per heavy atom. The quantitative estimate of drug-likeness (QED) is 0.612. The second-order valence-corrected chi connectivity index (χ2v) is 10.5. The van der Waals surface area contributed by atoms with Crippen LogP contribution in [0.1, 0.15) is 71.5 Å². The molecule has 6 rings (SSSR count). The first-order valence-corrected chi connectivity index (χ1v) is 13.0. The fraction of sp³-hybridized carbons (Fsp3) is 0.556.